The molecule has 1 aromatic heterocycles. The van der Waals surface area contributed by atoms with Crippen LogP contribution in [0, 0.1) is 0 Å². The maximum absolute atomic E-state index is 5.37. The molecule has 4 nitrogen and oxygen atoms in total. The van der Waals surface area contributed by atoms with E-state index in [1.165, 1.54) is 0 Å². The molecule has 0 aliphatic rings. The van der Waals surface area contributed by atoms with Crippen LogP contribution in [0.1, 0.15) is 18.0 Å². The predicted octanol–water partition coefficient (Wildman–Crippen LogP) is 0.501. The molecule has 1 heterocycles. The normalized spacial score (nSPS) is 12.8. The molecule has 4 heteroatoms. The van der Waals surface area contributed by atoms with Crippen LogP contribution in [-0.4, -0.2) is 9.78 Å². The zero-order chi connectivity index (χ0) is 8.97. The molecule has 1 rings (SSSR count). The maximum Gasteiger partial charge on any atom is 0.0538 e. The van der Waals surface area contributed by atoms with Crippen molar-refractivity contribution >= 4 is 0 Å². The van der Waals surface area contributed by atoms with Crippen molar-refractivity contribution in [1.82, 2.24) is 15.2 Å². The zero-order valence-corrected chi connectivity index (χ0v) is 7.20. The average Bonchev–Trinajstić information content (AvgIpc) is 2.47. The number of hydrogen-bond donors (Lipinski definition) is 2. The van der Waals surface area contributed by atoms with E-state index < -0.39 is 0 Å². The van der Waals surface area contributed by atoms with Crippen LogP contribution in [0.2, 0.25) is 0 Å². The summed E-state index contributed by atoms with van der Waals surface area (Å²) in [5.41, 5.74) is 3.79. The lowest BCUT2D eigenvalue weighted by molar-refractivity contribution is 0.561. The van der Waals surface area contributed by atoms with Crippen LogP contribution >= 0.6 is 0 Å². The molecule has 0 amide bonds. The van der Waals surface area contributed by atoms with E-state index in [4.69, 9.17) is 5.84 Å². The van der Waals surface area contributed by atoms with Crippen LogP contribution < -0.4 is 11.3 Å². The summed E-state index contributed by atoms with van der Waals surface area (Å²) < 4.78 is 1.75. The molecule has 1 aromatic rings. The Labute approximate surface area is 72.0 Å². The predicted molar refractivity (Wildman–Crippen MR) is 48.1 cm³/mol. The van der Waals surface area contributed by atoms with Gasteiger partial charge in [-0.05, 0) is 6.42 Å². The molecule has 1 atom stereocenters. The molecule has 0 bridgehead atoms. The fourth-order valence-electron chi connectivity index (χ4n) is 1.09. The van der Waals surface area contributed by atoms with Crippen molar-refractivity contribution < 1.29 is 0 Å². The molecule has 3 N–H and O–H groups in total. The van der Waals surface area contributed by atoms with E-state index >= 15 is 0 Å². The Morgan fingerprint density at radius 1 is 1.92 bits per heavy atom. The van der Waals surface area contributed by atoms with Crippen LogP contribution in [0.5, 0.6) is 0 Å². The lowest BCUT2D eigenvalue weighted by Gasteiger charge is -2.10. The first kappa shape index (κ1) is 8.96. The Morgan fingerprint density at radius 2 is 2.67 bits per heavy atom. The highest BCUT2D eigenvalue weighted by Gasteiger charge is 2.08. The molecule has 0 spiro atoms. The second kappa shape index (κ2) is 4.04. The van der Waals surface area contributed by atoms with Crippen molar-refractivity contribution in [3.8, 4) is 0 Å². The quantitative estimate of drug-likeness (QED) is 0.389. The smallest absolute Gasteiger partial charge is 0.0538 e. The van der Waals surface area contributed by atoms with Crippen LogP contribution in [0.25, 0.3) is 0 Å². The fraction of sp³-hybridized carbons (Fsp3) is 0.375. The van der Waals surface area contributed by atoms with E-state index in [0.29, 0.717) is 0 Å². The van der Waals surface area contributed by atoms with E-state index in [9.17, 15) is 0 Å². The minimum Gasteiger partial charge on any atom is -0.275 e. The van der Waals surface area contributed by atoms with Gasteiger partial charge >= 0.3 is 0 Å². The van der Waals surface area contributed by atoms with Gasteiger partial charge in [-0.3, -0.25) is 16.0 Å². The van der Waals surface area contributed by atoms with Gasteiger partial charge in [-0.1, -0.05) is 6.08 Å². The van der Waals surface area contributed by atoms with Gasteiger partial charge in [-0.15, -0.1) is 6.58 Å². The number of nitrogens with one attached hydrogen (secondary N) is 1. The standard InChI is InChI=1S/C8H14N4/c1-3-4-8(11-9)7-5-10-12(2)6-7/h3,5-6,8,11H,1,4,9H2,2H3. The second-order valence-electron chi connectivity index (χ2n) is 2.69. The third kappa shape index (κ3) is 1.93. The maximum atomic E-state index is 5.37. The van der Waals surface area contributed by atoms with Gasteiger partial charge in [0.15, 0.2) is 0 Å². The monoisotopic (exact) mass is 166 g/mol. The van der Waals surface area contributed by atoms with Crippen molar-refractivity contribution in [2.75, 3.05) is 0 Å². The molecule has 0 saturated heterocycles. The van der Waals surface area contributed by atoms with Gasteiger partial charge in [0.2, 0.25) is 0 Å². The molecule has 0 fully saturated rings. The number of nitrogens with two attached hydrogens (primary N) is 1. The molecule has 0 aromatic carbocycles. The molecule has 0 radical (unpaired) electrons. The number of nitrogens with zero attached hydrogens (tertiary/aromatic N) is 2. The van der Waals surface area contributed by atoms with Crippen LogP contribution in [0.15, 0.2) is 25.0 Å². The summed E-state index contributed by atoms with van der Waals surface area (Å²) in [6.07, 6.45) is 6.38. The molecular formula is C8H14N4. The first-order valence-corrected chi connectivity index (χ1v) is 3.83. The molecular weight excluding hydrogens is 152 g/mol. The highest BCUT2D eigenvalue weighted by Crippen LogP contribution is 2.14. The summed E-state index contributed by atoms with van der Waals surface area (Å²) in [6.45, 7) is 3.66. The molecule has 66 valence electrons. The van der Waals surface area contributed by atoms with E-state index in [1.807, 2.05) is 19.3 Å². The van der Waals surface area contributed by atoms with Gasteiger partial charge < -0.3 is 0 Å². The van der Waals surface area contributed by atoms with Gasteiger partial charge in [0.25, 0.3) is 0 Å². The van der Waals surface area contributed by atoms with Crippen molar-refractivity contribution in [3.63, 3.8) is 0 Å². The summed E-state index contributed by atoms with van der Waals surface area (Å²) in [6, 6.07) is 0.121. The zero-order valence-electron chi connectivity index (χ0n) is 7.20. The lowest BCUT2D eigenvalue weighted by Crippen LogP contribution is -2.27. The molecule has 1 unspecified atom stereocenters. The van der Waals surface area contributed by atoms with Gasteiger partial charge in [0, 0.05) is 18.8 Å². The number of aromatic nitrogens is 2. The first-order valence-electron chi connectivity index (χ1n) is 3.83. The Hall–Kier alpha value is -1.13. The van der Waals surface area contributed by atoms with Gasteiger partial charge in [0.1, 0.15) is 0 Å². The number of hydrogen-bond acceptors (Lipinski definition) is 3. The van der Waals surface area contributed by atoms with E-state index in [2.05, 4.69) is 17.1 Å². The Morgan fingerprint density at radius 3 is 3.08 bits per heavy atom. The molecule has 0 aliphatic carbocycles. The van der Waals surface area contributed by atoms with Gasteiger partial charge in [-0.2, -0.15) is 5.10 Å². The third-order valence-corrected chi connectivity index (χ3v) is 1.73. The third-order valence-electron chi connectivity index (χ3n) is 1.73. The highest BCUT2D eigenvalue weighted by atomic mass is 15.3. The van der Waals surface area contributed by atoms with Crippen molar-refractivity contribution in [3.05, 3.63) is 30.6 Å². The molecule has 0 saturated carbocycles. The lowest BCUT2D eigenvalue weighted by atomic mass is 10.1. The number of rotatable bonds is 4. The number of hydrazine groups is 1. The van der Waals surface area contributed by atoms with Crippen LogP contribution in [0.3, 0.4) is 0 Å². The van der Waals surface area contributed by atoms with Gasteiger partial charge in [0.05, 0.1) is 12.2 Å². The van der Waals surface area contributed by atoms with E-state index in [0.717, 1.165) is 12.0 Å². The minimum atomic E-state index is 0.121. The first-order chi connectivity index (χ1) is 5.77. The SMILES string of the molecule is C=CCC(NN)c1cnn(C)c1. The second-order valence-corrected chi connectivity index (χ2v) is 2.69. The summed E-state index contributed by atoms with van der Waals surface area (Å²) in [5, 5.41) is 4.05. The summed E-state index contributed by atoms with van der Waals surface area (Å²) in [5.74, 6) is 5.37. The fourth-order valence-corrected chi connectivity index (χ4v) is 1.09. The van der Waals surface area contributed by atoms with E-state index in [1.54, 1.807) is 10.9 Å². The number of aryl methyl sites for hydroxylation is 1. The Kier molecular flexibility index (Phi) is 3.01. The van der Waals surface area contributed by atoms with Crippen LogP contribution in [-0.2, 0) is 7.05 Å². The van der Waals surface area contributed by atoms with E-state index in [-0.39, 0.29) is 6.04 Å². The summed E-state index contributed by atoms with van der Waals surface area (Å²) >= 11 is 0. The summed E-state index contributed by atoms with van der Waals surface area (Å²) in [7, 11) is 1.88. The topological polar surface area (TPSA) is 55.9 Å². The Bertz CT molecular complexity index is 253. The van der Waals surface area contributed by atoms with Gasteiger partial charge in [-0.25, -0.2) is 0 Å². The Balaban J connectivity index is 2.72. The van der Waals surface area contributed by atoms with Crippen molar-refractivity contribution in [1.29, 1.82) is 0 Å². The summed E-state index contributed by atoms with van der Waals surface area (Å²) in [4.78, 5) is 0. The van der Waals surface area contributed by atoms with Crippen molar-refractivity contribution in [2.24, 2.45) is 12.9 Å². The largest absolute Gasteiger partial charge is 0.275 e. The molecule has 0 aliphatic heterocycles. The minimum absolute atomic E-state index is 0.121. The molecule has 12 heavy (non-hydrogen) atoms. The average molecular weight is 166 g/mol. The van der Waals surface area contributed by atoms with Crippen molar-refractivity contribution in [2.45, 2.75) is 12.5 Å². The highest BCUT2D eigenvalue weighted by molar-refractivity contribution is 5.10. The van der Waals surface area contributed by atoms with Crippen LogP contribution in [0.4, 0.5) is 0 Å².